The predicted octanol–water partition coefficient (Wildman–Crippen LogP) is 0.659. The van der Waals surface area contributed by atoms with Crippen LogP contribution in [0.15, 0.2) is 35.4 Å². The first kappa shape index (κ1) is 17.6. The molecule has 7 nitrogen and oxygen atoms in total. The normalized spacial score (nSPS) is 21.1. The van der Waals surface area contributed by atoms with Crippen LogP contribution in [0.2, 0.25) is 0 Å². The molecule has 1 aromatic rings. The van der Waals surface area contributed by atoms with Gasteiger partial charge in [0.1, 0.15) is 11.8 Å². The van der Waals surface area contributed by atoms with Gasteiger partial charge < -0.3 is 10.1 Å². The molecule has 134 valence electrons. The summed E-state index contributed by atoms with van der Waals surface area (Å²) in [4.78, 5) is 26.6. The van der Waals surface area contributed by atoms with Gasteiger partial charge in [-0.15, -0.1) is 0 Å². The van der Waals surface area contributed by atoms with Crippen molar-refractivity contribution >= 4 is 23.1 Å². The highest BCUT2D eigenvalue weighted by molar-refractivity contribution is 6.40. The number of nitrogens with zero attached hydrogens (tertiary/aromatic N) is 3. The number of nitrogens with one attached hydrogen (secondary N) is 1. The number of benzene rings is 1. The third-order valence-corrected chi connectivity index (χ3v) is 4.48. The molecule has 2 aliphatic heterocycles. The number of carbonyl (C=O) groups is 2. The zero-order chi connectivity index (χ0) is 17.6. The lowest BCUT2D eigenvalue weighted by atomic mass is 10.1. The molecule has 1 atom stereocenters. The Bertz CT molecular complexity index is 641. The molecule has 2 aliphatic rings. The molecule has 25 heavy (non-hydrogen) atoms. The fraction of sp³-hybridized carbons (Fsp3) is 0.500. The molecule has 0 spiro atoms. The van der Waals surface area contributed by atoms with Crippen LogP contribution in [-0.4, -0.2) is 67.7 Å². The molecule has 3 rings (SSSR count). The van der Waals surface area contributed by atoms with Gasteiger partial charge in [0.25, 0.3) is 5.91 Å². The molecule has 1 aromatic carbocycles. The maximum atomic E-state index is 12.4. The van der Waals surface area contributed by atoms with E-state index in [4.69, 9.17) is 4.74 Å². The lowest BCUT2D eigenvalue weighted by Crippen LogP contribution is -2.42. The summed E-state index contributed by atoms with van der Waals surface area (Å²) >= 11 is 0. The quantitative estimate of drug-likeness (QED) is 0.821. The highest BCUT2D eigenvalue weighted by Gasteiger charge is 2.34. The molecular formula is C18H24N4O3. The highest BCUT2D eigenvalue weighted by atomic mass is 16.5. The monoisotopic (exact) mass is 344 g/mol. The Morgan fingerprint density at radius 3 is 2.64 bits per heavy atom. The number of hydrogen-bond acceptors (Lipinski definition) is 6. The van der Waals surface area contributed by atoms with Crippen molar-refractivity contribution in [2.45, 2.75) is 19.4 Å². The SMILES string of the molecule is CC(=O)C1CC(C(=O)NCCN2CCOCC2)=NN1c1ccccc1. The number of Topliss-reactive ketones (excluding diaryl/α,β-unsaturated/α-hetero) is 1. The van der Waals surface area contributed by atoms with Crippen LogP contribution in [0.25, 0.3) is 0 Å². The molecular weight excluding hydrogens is 320 g/mol. The zero-order valence-electron chi connectivity index (χ0n) is 14.5. The number of carbonyl (C=O) groups excluding carboxylic acids is 2. The van der Waals surface area contributed by atoms with Crippen molar-refractivity contribution in [1.82, 2.24) is 10.2 Å². The topological polar surface area (TPSA) is 74.2 Å². The minimum absolute atomic E-state index is 0.00344. The van der Waals surface area contributed by atoms with Crippen molar-refractivity contribution in [3.8, 4) is 0 Å². The summed E-state index contributed by atoms with van der Waals surface area (Å²) in [5.41, 5.74) is 1.23. The molecule has 1 saturated heterocycles. The first-order valence-electron chi connectivity index (χ1n) is 8.65. The third kappa shape index (κ3) is 4.43. The van der Waals surface area contributed by atoms with E-state index >= 15 is 0 Å². The summed E-state index contributed by atoms with van der Waals surface area (Å²) in [6.07, 6.45) is 0.341. The molecule has 1 N–H and O–H groups in total. The van der Waals surface area contributed by atoms with Crippen molar-refractivity contribution in [1.29, 1.82) is 0 Å². The molecule has 1 fully saturated rings. The Labute approximate surface area is 147 Å². The van der Waals surface area contributed by atoms with Crippen LogP contribution in [0.4, 0.5) is 5.69 Å². The fourth-order valence-electron chi connectivity index (χ4n) is 3.04. The summed E-state index contributed by atoms with van der Waals surface area (Å²) in [7, 11) is 0. The average Bonchev–Trinajstić information content (AvgIpc) is 3.09. The van der Waals surface area contributed by atoms with E-state index in [0.29, 0.717) is 18.7 Å². The van der Waals surface area contributed by atoms with Crippen molar-refractivity contribution in [3.05, 3.63) is 30.3 Å². The number of para-hydroxylation sites is 1. The Morgan fingerprint density at radius 2 is 1.96 bits per heavy atom. The lowest BCUT2D eigenvalue weighted by molar-refractivity contribution is -0.118. The Morgan fingerprint density at radius 1 is 1.24 bits per heavy atom. The average molecular weight is 344 g/mol. The fourth-order valence-corrected chi connectivity index (χ4v) is 3.04. The zero-order valence-corrected chi connectivity index (χ0v) is 14.5. The molecule has 0 radical (unpaired) electrons. The van der Waals surface area contributed by atoms with Crippen molar-refractivity contribution < 1.29 is 14.3 Å². The molecule has 0 aliphatic carbocycles. The summed E-state index contributed by atoms with van der Waals surface area (Å²) < 4.78 is 5.31. The summed E-state index contributed by atoms with van der Waals surface area (Å²) in [6.45, 7) is 6.17. The van der Waals surface area contributed by atoms with Crippen LogP contribution in [0.5, 0.6) is 0 Å². The smallest absolute Gasteiger partial charge is 0.267 e. The van der Waals surface area contributed by atoms with E-state index in [-0.39, 0.29) is 11.7 Å². The summed E-state index contributed by atoms with van der Waals surface area (Å²) in [5, 5.41) is 8.98. The molecule has 0 saturated carbocycles. The van der Waals surface area contributed by atoms with E-state index in [1.54, 1.807) is 5.01 Å². The van der Waals surface area contributed by atoms with Gasteiger partial charge in [0.05, 0.1) is 18.9 Å². The second-order valence-corrected chi connectivity index (χ2v) is 6.27. The Hall–Kier alpha value is -2.25. The van der Waals surface area contributed by atoms with Gasteiger partial charge in [0.15, 0.2) is 5.78 Å². The first-order valence-corrected chi connectivity index (χ1v) is 8.65. The molecule has 1 unspecified atom stereocenters. The molecule has 0 bridgehead atoms. The van der Waals surface area contributed by atoms with Gasteiger partial charge in [-0.25, -0.2) is 0 Å². The van der Waals surface area contributed by atoms with E-state index in [1.807, 2.05) is 30.3 Å². The number of rotatable bonds is 6. The number of ether oxygens (including phenoxy) is 1. The highest BCUT2D eigenvalue weighted by Crippen LogP contribution is 2.24. The Balaban J connectivity index is 1.59. The van der Waals surface area contributed by atoms with E-state index < -0.39 is 6.04 Å². The van der Waals surface area contributed by atoms with Crippen LogP contribution < -0.4 is 10.3 Å². The minimum atomic E-state index is -0.414. The minimum Gasteiger partial charge on any atom is -0.379 e. The number of hydrogen-bond donors (Lipinski definition) is 1. The van der Waals surface area contributed by atoms with Crippen LogP contribution in [0.3, 0.4) is 0 Å². The van der Waals surface area contributed by atoms with Crippen LogP contribution in [0.1, 0.15) is 13.3 Å². The second-order valence-electron chi connectivity index (χ2n) is 6.27. The number of amides is 1. The third-order valence-electron chi connectivity index (χ3n) is 4.48. The van der Waals surface area contributed by atoms with Crippen molar-refractivity contribution in [2.75, 3.05) is 44.4 Å². The van der Waals surface area contributed by atoms with Gasteiger partial charge >= 0.3 is 0 Å². The van der Waals surface area contributed by atoms with Crippen LogP contribution in [0, 0.1) is 0 Å². The van der Waals surface area contributed by atoms with Gasteiger partial charge in [0, 0.05) is 32.6 Å². The van der Waals surface area contributed by atoms with Crippen molar-refractivity contribution in [2.24, 2.45) is 5.10 Å². The van der Waals surface area contributed by atoms with E-state index in [9.17, 15) is 9.59 Å². The second kappa shape index (κ2) is 8.22. The van der Waals surface area contributed by atoms with Gasteiger partial charge in [-0.05, 0) is 19.1 Å². The van der Waals surface area contributed by atoms with Gasteiger partial charge in [0.2, 0.25) is 0 Å². The van der Waals surface area contributed by atoms with Crippen LogP contribution >= 0.6 is 0 Å². The van der Waals surface area contributed by atoms with Crippen LogP contribution in [-0.2, 0) is 14.3 Å². The summed E-state index contributed by atoms with van der Waals surface area (Å²) in [5.74, 6) is -0.193. The molecule has 1 amide bonds. The molecule has 0 aromatic heterocycles. The maximum Gasteiger partial charge on any atom is 0.267 e. The number of anilines is 1. The van der Waals surface area contributed by atoms with E-state index in [1.165, 1.54) is 6.92 Å². The molecule has 7 heteroatoms. The van der Waals surface area contributed by atoms with Crippen molar-refractivity contribution in [3.63, 3.8) is 0 Å². The van der Waals surface area contributed by atoms with E-state index in [0.717, 1.165) is 38.5 Å². The predicted molar refractivity (Wildman–Crippen MR) is 95.7 cm³/mol. The van der Waals surface area contributed by atoms with Gasteiger partial charge in [-0.3, -0.25) is 19.5 Å². The Kier molecular flexibility index (Phi) is 5.78. The number of ketones is 1. The van der Waals surface area contributed by atoms with Gasteiger partial charge in [-0.2, -0.15) is 5.10 Å². The maximum absolute atomic E-state index is 12.4. The standard InChI is InChI=1S/C18H24N4O3/c1-14(23)17-13-16(20-22(17)15-5-3-2-4-6-15)18(24)19-7-8-21-9-11-25-12-10-21/h2-6,17H,7-13H2,1H3,(H,19,24). The van der Waals surface area contributed by atoms with E-state index in [2.05, 4.69) is 15.3 Å². The number of morpholine rings is 1. The van der Waals surface area contributed by atoms with Gasteiger partial charge in [-0.1, -0.05) is 18.2 Å². The molecule has 2 heterocycles. The lowest BCUT2D eigenvalue weighted by Gasteiger charge is -2.26. The first-order chi connectivity index (χ1) is 12.1. The number of hydrazone groups is 1. The largest absolute Gasteiger partial charge is 0.379 e. The summed E-state index contributed by atoms with van der Waals surface area (Å²) in [6, 6.07) is 9.05.